The Hall–Kier alpha value is -2.31. The second kappa shape index (κ2) is 7.30. The Kier molecular flexibility index (Phi) is 5.41. The molecule has 0 saturated heterocycles. The number of hydrogen-bond donors (Lipinski definition) is 1. The maximum absolute atomic E-state index is 12.1. The molecule has 1 amide bonds. The normalized spacial score (nSPS) is 11.6. The van der Waals surface area contributed by atoms with Gasteiger partial charge in [0.2, 0.25) is 0 Å². The van der Waals surface area contributed by atoms with Crippen molar-refractivity contribution in [2.24, 2.45) is 0 Å². The van der Waals surface area contributed by atoms with E-state index in [1.54, 1.807) is 24.3 Å². The monoisotopic (exact) mass is 354 g/mol. The van der Waals surface area contributed by atoms with Gasteiger partial charge in [0.05, 0.1) is 4.92 Å². The second-order valence-corrected chi connectivity index (χ2v) is 5.50. The maximum Gasteiger partial charge on any atom is 0.312 e. The number of rotatable bonds is 5. The standard InChI is InChI=1S/C15H12Cl2N2O4/c1-9(15(20)18-12-5-2-10(16)3-6-12)23-14-7-4-11(17)8-13(14)19(21)22/h2-9H,1H3,(H,18,20)/t9-/m0/s1. The minimum Gasteiger partial charge on any atom is -0.474 e. The summed E-state index contributed by atoms with van der Waals surface area (Å²) in [4.78, 5) is 22.5. The number of nitrogens with zero attached hydrogens (tertiary/aromatic N) is 1. The van der Waals surface area contributed by atoms with Gasteiger partial charge in [-0.15, -0.1) is 0 Å². The Labute approximate surface area is 142 Å². The van der Waals surface area contributed by atoms with Crippen molar-refractivity contribution in [3.63, 3.8) is 0 Å². The molecule has 0 heterocycles. The summed E-state index contributed by atoms with van der Waals surface area (Å²) in [7, 11) is 0. The fourth-order valence-corrected chi connectivity index (χ4v) is 2.05. The largest absolute Gasteiger partial charge is 0.474 e. The Bertz CT molecular complexity index is 735. The molecule has 0 saturated carbocycles. The SMILES string of the molecule is C[C@H](Oc1ccc(Cl)cc1[N+](=O)[O-])C(=O)Nc1ccc(Cl)cc1. The van der Waals surface area contributed by atoms with Gasteiger partial charge in [-0.3, -0.25) is 14.9 Å². The lowest BCUT2D eigenvalue weighted by atomic mass is 10.2. The van der Waals surface area contributed by atoms with Gasteiger partial charge in [0.25, 0.3) is 5.91 Å². The third kappa shape index (κ3) is 4.58. The van der Waals surface area contributed by atoms with E-state index in [-0.39, 0.29) is 16.5 Å². The molecule has 0 unspecified atom stereocenters. The van der Waals surface area contributed by atoms with E-state index in [0.717, 1.165) is 0 Å². The van der Waals surface area contributed by atoms with Gasteiger partial charge in [0.1, 0.15) is 0 Å². The zero-order chi connectivity index (χ0) is 17.0. The fourth-order valence-electron chi connectivity index (χ4n) is 1.75. The van der Waals surface area contributed by atoms with Gasteiger partial charge in [0, 0.05) is 21.8 Å². The molecule has 120 valence electrons. The summed E-state index contributed by atoms with van der Waals surface area (Å²) in [6, 6.07) is 10.5. The van der Waals surface area contributed by atoms with Gasteiger partial charge >= 0.3 is 5.69 Å². The number of nitro groups is 1. The Morgan fingerprint density at radius 1 is 1.17 bits per heavy atom. The number of carbonyl (C=O) groups is 1. The van der Waals surface area contributed by atoms with Crippen molar-refractivity contribution in [3.05, 3.63) is 62.6 Å². The number of ether oxygens (including phenoxy) is 1. The van der Waals surface area contributed by atoms with Crippen LogP contribution >= 0.6 is 23.2 Å². The highest BCUT2D eigenvalue weighted by Gasteiger charge is 2.21. The summed E-state index contributed by atoms with van der Waals surface area (Å²) in [5, 5.41) is 14.4. The number of carbonyl (C=O) groups excluding carboxylic acids is 1. The first kappa shape index (κ1) is 17.1. The first-order valence-corrected chi connectivity index (χ1v) is 7.29. The molecule has 2 aromatic rings. The van der Waals surface area contributed by atoms with Crippen LogP contribution in [0.25, 0.3) is 0 Å². The number of benzene rings is 2. The number of nitro benzene ring substituents is 1. The van der Waals surface area contributed by atoms with Crippen molar-refractivity contribution in [2.75, 3.05) is 5.32 Å². The zero-order valence-corrected chi connectivity index (χ0v) is 13.5. The van der Waals surface area contributed by atoms with E-state index in [4.69, 9.17) is 27.9 Å². The highest BCUT2D eigenvalue weighted by Crippen LogP contribution is 2.30. The average Bonchev–Trinajstić information content (AvgIpc) is 2.51. The lowest BCUT2D eigenvalue weighted by Crippen LogP contribution is -2.30. The molecule has 23 heavy (non-hydrogen) atoms. The van der Waals surface area contributed by atoms with E-state index < -0.39 is 16.9 Å². The second-order valence-electron chi connectivity index (χ2n) is 4.63. The first-order valence-electron chi connectivity index (χ1n) is 6.54. The zero-order valence-electron chi connectivity index (χ0n) is 12.0. The van der Waals surface area contributed by atoms with Gasteiger partial charge in [-0.2, -0.15) is 0 Å². The van der Waals surface area contributed by atoms with Crippen molar-refractivity contribution >= 4 is 40.5 Å². The molecule has 6 nitrogen and oxygen atoms in total. The molecule has 0 aliphatic carbocycles. The Balaban J connectivity index is 2.09. The average molecular weight is 355 g/mol. The molecule has 0 aromatic heterocycles. The predicted octanol–water partition coefficient (Wildman–Crippen LogP) is 4.31. The van der Waals surface area contributed by atoms with Crippen molar-refractivity contribution in [2.45, 2.75) is 13.0 Å². The van der Waals surface area contributed by atoms with E-state index >= 15 is 0 Å². The van der Waals surface area contributed by atoms with E-state index in [1.165, 1.54) is 25.1 Å². The van der Waals surface area contributed by atoms with Crippen molar-refractivity contribution < 1.29 is 14.5 Å². The van der Waals surface area contributed by atoms with Crippen LogP contribution in [0.15, 0.2) is 42.5 Å². The van der Waals surface area contributed by atoms with Crippen LogP contribution in [0.2, 0.25) is 10.0 Å². The van der Waals surface area contributed by atoms with E-state index in [0.29, 0.717) is 10.7 Å². The summed E-state index contributed by atoms with van der Waals surface area (Å²) in [6.45, 7) is 1.49. The third-order valence-electron chi connectivity index (χ3n) is 2.90. The molecule has 0 aliphatic heterocycles. The van der Waals surface area contributed by atoms with Crippen molar-refractivity contribution in [3.8, 4) is 5.75 Å². The van der Waals surface area contributed by atoms with E-state index in [2.05, 4.69) is 5.32 Å². The quantitative estimate of drug-likeness (QED) is 0.640. The van der Waals surface area contributed by atoms with E-state index in [9.17, 15) is 14.9 Å². The number of hydrogen-bond acceptors (Lipinski definition) is 4. The molecular weight excluding hydrogens is 343 g/mol. The molecule has 1 atom stereocenters. The molecule has 2 aromatic carbocycles. The summed E-state index contributed by atoms with van der Waals surface area (Å²) < 4.78 is 5.38. The van der Waals surface area contributed by atoms with Crippen LogP contribution in [0, 0.1) is 10.1 Å². The minimum absolute atomic E-state index is 0.0295. The predicted molar refractivity (Wildman–Crippen MR) is 88.3 cm³/mol. The molecule has 0 radical (unpaired) electrons. The fraction of sp³-hybridized carbons (Fsp3) is 0.133. The molecular formula is C15H12Cl2N2O4. The number of nitrogens with one attached hydrogen (secondary N) is 1. The summed E-state index contributed by atoms with van der Waals surface area (Å²) >= 11 is 11.5. The van der Waals surface area contributed by atoms with Gasteiger partial charge in [-0.25, -0.2) is 0 Å². The highest BCUT2D eigenvalue weighted by molar-refractivity contribution is 6.31. The summed E-state index contributed by atoms with van der Waals surface area (Å²) in [5.41, 5.74) is 0.240. The Morgan fingerprint density at radius 2 is 1.78 bits per heavy atom. The number of amides is 1. The van der Waals surface area contributed by atoms with Gasteiger partial charge in [0.15, 0.2) is 11.9 Å². The third-order valence-corrected chi connectivity index (χ3v) is 3.39. The summed E-state index contributed by atoms with van der Waals surface area (Å²) in [5.74, 6) is -0.477. The molecule has 2 rings (SSSR count). The van der Waals surface area contributed by atoms with Crippen LogP contribution in [-0.2, 0) is 4.79 Å². The van der Waals surface area contributed by atoms with Crippen LogP contribution in [0.4, 0.5) is 11.4 Å². The lowest BCUT2D eigenvalue weighted by molar-refractivity contribution is -0.386. The molecule has 1 N–H and O–H groups in total. The molecule has 0 aliphatic rings. The number of anilines is 1. The lowest BCUT2D eigenvalue weighted by Gasteiger charge is -2.15. The topological polar surface area (TPSA) is 81.5 Å². The molecule has 0 spiro atoms. The molecule has 0 fully saturated rings. The molecule has 0 bridgehead atoms. The smallest absolute Gasteiger partial charge is 0.312 e. The Morgan fingerprint density at radius 3 is 2.39 bits per heavy atom. The number of halogens is 2. The van der Waals surface area contributed by atoms with Crippen molar-refractivity contribution in [1.82, 2.24) is 0 Å². The summed E-state index contributed by atoms with van der Waals surface area (Å²) in [6.07, 6.45) is -0.939. The minimum atomic E-state index is -0.939. The van der Waals surface area contributed by atoms with Gasteiger partial charge in [-0.1, -0.05) is 23.2 Å². The highest BCUT2D eigenvalue weighted by atomic mass is 35.5. The maximum atomic E-state index is 12.1. The molecule has 8 heteroatoms. The van der Waals surface area contributed by atoms with Crippen LogP contribution in [-0.4, -0.2) is 16.9 Å². The van der Waals surface area contributed by atoms with Crippen LogP contribution in [0.1, 0.15) is 6.92 Å². The van der Waals surface area contributed by atoms with Crippen LogP contribution in [0.3, 0.4) is 0 Å². The first-order chi connectivity index (χ1) is 10.9. The van der Waals surface area contributed by atoms with Crippen molar-refractivity contribution in [1.29, 1.82) is 0 Å². The van der Waals surface area contributed by atoms with Gasteiger partial charge < -0.3 is 10.1 Å². The van der Waals surface area contributed by atoms with Crippen LogP contribution < -0.4 is 10.1 Å². The van der Waals surface area contributed by atoms with Crippen LogP contribution in [0.5, 0.6) is 5.75 Å². The van der Waals surface area contributed by atoms with Gasteiger partial charge in [-0.05, 0) is 43.3 Å². The van der Waals surface area contributed by atoms with E-state index in [1.807, 2.05) is 0 Å².